The van der Waals surface area contributed by atoms with Crippen molar-refractivity contribution in [1.82, 2.24) is 15.4 Å². The monoisotopic (exact) mass is 532 g/mol. The van der Waals surface area contributed by atoms with E-state index in [-0.39, 0.29) is 17.7 Å². The van der Waals surface area contributed by atoms with E-state index in [4.69, 9.17) is 14.4 Å². The molecule has 0 spiro atoms. The highest BCUT2D eigenvalue weighted by atomic mass is 32.2. The number of ether oxygens (including phenoxy) is 1. The van der Waals surface area contributed by atoms with Gasteiger partial charge in [0.2, 0.25) is 17.7 Å². The molecule has 36 heavy (non-hydrogen) atoms. The molecule has 3 N–H and O–H groups in total. The molecule has 194 valence electrons. The van der Waals surface area contributed by atoms with Gasteiger partial charge in [0.1, 0.15) is 11.5 Å². The van der Waals surface area contributed by atoms with Crippen molar-refractivity contribution in [2.45, 2.75) is 68.3 Å². The fourth-order valence-electron chi connectivity index (χ4n) is 3.07. The lowest BCUT2D eigenvalue weighted by molar-refractivity contribution is -0.129. The summed E-state index contributed by atoms with van der Waals surface area (Å²) in [4.78, 5) is 32.8. The number of amides is 2. The summed E-state index contributed by atoms with van der Waals surface area (Å²) in [5, 5.41) is 12.0. The summed E-state index contributed by atoms with van der Waals surface area (Å²) in [7, 11) is 0. The molecule has 2 amide bonds. The van der Waals surface area contributed by atoms with Crippen molar-refractivity contribution >= 4 is 40.0 Å². The molecule has 0 aliphatic rings. The number of benzene rings is 1. The normalized spacial score (nSPS) is 11.8. The minimum absolute atomic E-state index is 0.0851. The number of thiazole rings is 1. The Labute approximate surface area is 219 Å². The first kappa shape index (κ1) is 27.7. The van der Waals surface area contributed by atoms with Crippen LogP contribution in [0.4, 0.5) is 5.13 Å². The van der Waals surface area contributed by atoms with E-state index >= 15 is 0 Å². The highest BCUT2D eigenvalue weighted by Gasteiger charge is 2.30. The Kier molecular flexibility index (Phi) is 9.15. The average Bonchev–Trinajstić information content (AvgIpc) is 3.50. The third-order valence-electron chi connectivity index (χ3n) is 5.42. The first-order chi connectivity index (χ1) is 17.0. The molecule has 3 aromatic rings. The summed E-state index contributed by atoms with van der Waals surface area (Å²) in [6.45, 7) is 10.3. The molecule has 0 aliphatic heterocycles. The number of hydroxylamine groups is 1. The summed E-state index contributed by atoms with van der Waals surface area (Å²) >= 11 is 2.97. The van der Waals surface area contributed by atoms with Crippen LogP contribution in [-0.4, -0.2) is 33.6 Å². The molecule has 0 aliphatic carbocycles. The first-order valence-electron chi connectivity index (χ1n) is 11.5. The van der Waals surface area contributed by atoms with E-state index in [0.29, 0.717) is 35.6 Å². The van der Waals surface area contributed by atoms with Crippen molar-refractivity contribution in [3.8, 4) is 5.75 Å². The van der Waals surface area contributed by atoms with E-state index in [9.17, 15) is 9.59 Å². The molecule has 0 unspecified atom stereocenters. The number of aromatic nitrogens is 2. The number of oxazole rings is 1. The van der Waals surface area contributed by atoms with Crippen LogP contribution in [0.5, 0.6) is 5.75 Å². The number of hydrogen-bond donors (Lipinski definition) is 3. The Balaban J connectivity index is 1.51. The van der Waals surface area contributed by atoms with Crippen molar-refractivity contribution < 1.29 is 24.0 Å². The largest absolute Gasteiger partial charge is 0.494 e. The fraction of sp³-hybridized carbons (Fsp3) is 0.440. The molecule has 9 nitrogen and oxygen atoms in total. The molecular weight excluding hydrogens is 500 g/mol. The summed E-state index contributed by atoms with van der Waals surface area (Å²) in [5.41, 5.74) is 1.54. The maximum Gasteiger partial charge on any atom is 0.243 e. The van der Waals surface area contributed by atoms with Crippen LogP contribution >= 0.6 is 23.1 Å². The van der Waals surface area contributed by atoms with Crippen LogP contribution < -0.4 is 15.5 Å². The van der Waals surface area contributed by atoms with Gasteiger partial charge in [0.25, 0.3) is 0 Å². The third kappa shape index (κ3) is 7.55. The van der Waals surface area contributed by atoms with Crippen LogP contribution in [0, 0.1) is 0 Å². The van der Waals surface area contributed by atoms with Crippen LogP contribution in [0.1, 0.15) is 64.7 Å². The molecule has 0 radical (unpaired) electrons. The standard InChI is InChI=1S/C25H32N4O5S2/c1-24(2,3)18-13-26-20(34-18)15-35-21-14-27-23(36-21)28-22(31)25(4,5)16-8-10-17(11-9-16)33-12-6-7-19(30)29-32/h8-11,13-14,32H,6-7,12,15H2,1-5H3,(H,29,30)(H,27,28,31). The Morgan fingerprint density at radius 3 is 2.47 bits per heavy atom. The quantitative estimate of drug-likeness (QED) is 0.131. The number of rotatable bonds is 11. The van der Waals surface area contributed by atoms with Crippen LogP contribution in [0.25, 0.3) is 0 Å². The molecule has 0 fully saturated rings. The van der Waals surface area contributed by atoms with Gasteiger partial charge in [0.15, 0.2) is 5.13 Å². The van der Waals surface area contributed by atoms with Crippen LogP contribution in [-0.2, 0) is 26.2 Å². The lowest BCUT2D eigenvalue weighted by Gasteiger charge is -2.23. The molecule has 0 saturated carbocycles. The fourth-order valence-corrected chi connectivity index (χ4v) is 4.79. The second-order valence-electron chi connectivity index (χ2n) is 9.73. The van der Waals surface area contributed by atoms with Crippen LogP contribution in [0.2, 0.25) is 0 Å². The predicted molar refractivity (Wildman–Crippen MR) is 140 cm³/mol. The minimum Gasteiger partial charge on any atom is -0.494 e. The van der Waals surface area contributed by atoms with Gasteiger partial charge in [-0.15, -0.1) is 11.8 Å². The number of hydrogen-bond acceptors (Lipinski definition) is 9. The lowest BCUT2D eigenvalue weighted by Crippen LogP contribution is -2.34. The lowest BCUT2D eigenvalue weighted by atomic mass is 9.84. The van der Waals surface area contributed by atoms with Gasteiger partial charge in [-0.05, 0) is 38.0 Å². The van der Waals surface area contributed by atoms with E-state index in [0.717, 1.165) is 15.5 Å². The number of anilines is 1. The Morgan fingerprint density at radius 1 is 1.11 bits per heavy atom. The van der Waals surface area contributed by atoms with Gasteiger partial charge in [-0.2, -0.15) is 0 Å². The molecule has 1 aromatic carbocycles. The maximum atomic E-state index is 13.0. The second-order valence-corrected chi connectivity index (χ2v) is 12.0. The first-order valence-corrected chi connectivity index (χ1v) is 13.3. The Morgan fingerprint density at radius 2 is 1.83 bits per heavy atom. The molecule has 11 heteroatoms. The highest BCUT2D eigenvalue weighted by molar-refractivity contribution is 8.00. The second kappa shape index (κ2) is 11.9. The molecule has 0 atom stereocenters. The molecule has 2 aromatic heterocycles. The van der Waals surface area contributed by atoms with Crippen molar-refractivity contribution in [3.05, 3.63) is 53.9 Å². The zero-order chi connectivity index (χ0) is 26.3. The number of nitrogens with zero attached hydrogens (tertiary/aromatic N) is 2. The number of nitrogens with one attached hydrogen (secondary N) is 2. The zero-order valence-corrected chi connectivity index (χ0v) is 22.7. The van der Waals surface area contributed by atoms with Gasteiger partial charge < -0.3 is 14.5 Å². The van der Waals surface area contributed by atoms with E-state index in [2.05, 4.69) is 36.1 Å². The summed E-state index contributed by atoms with van der Waals surface area (Å²) in [6.07, 6.45) is 4.17. The average molecular weight is 533 g/mol. The van der Waals surface area contributed by atoms with Gasteiger partial charge in [0.05, 0.1) is 34.4 Å². The number of carbonyl (C=O) groups excluding carboxylic acids is 2. The van der Waals surface area contributed by atoms with Crippen molar-refractivity contribution in [1.29, 1.82) is 0 Å². The third-order valence-corrected chi connectivity index (χ3v) is 7.51. The van der Waals surface area contributed by atoms with Gasteiger partial charge in [0, 0.05) is 11.8 Å². The van der Waals surface area contributed by atoms with E-state index < -0.39 is 11.3 Å². The molecular formula is C25H32N4O5S2. The van der Waals surface area contributed by atoms with E-state index in [1.54, 1.807) is 41.8 Å². The van der Waals surface area contributed by atoms with Crippen molar-refractivity contribution in [2.75, 3.05) is 11.9 Å². The zero-order valence-electron chi connectivity index (χ0n) is 21.1. The summed E-state index contributed by atoms with van der Waals surface area (Å²) in [5.74, 6) is 2.12. The topological polar surface area (TPSA) is 127 Å². The minimum atomic E-state index is -0.793. The molecule has 0 saturated heterocycles. The maximum absolute atomic E-state index is 13.0. The molecule has 3 rings (SSSR count). The van der Waals surface area contributed by atoms with Crippen LogP contribution in [0.3, 0.4) is 0 Å². The van der Waals surface area contributed by atoms with Crippen LogP contribution in [0.15, 0.2) is 45.3 Å². The van der Waals surface area contributed by atoms with Gasteiger partial charge in [-0.3, -0.25) is 14.8 Å². The highest BCUT2D eigenvalue weighted by Crippen LogP contribution is 2.33. The van der Waals surface area contributed by atoms with Crippen molar-refractivity contribution in [2.24, 2.45) is 0 Å². The Bertz CT molecular complexity index is 1170. The molecule has 0 bridgehead atoms. The predicted octanol–water partition coefficient (Wildman–Crippen LogP) is 5.30. The SMILES string of the molecule is CC(C)(C)c1cnc(CSc2cnc(NC(=O)C(C)(C)c3ccc(OCCCC(=O)NO)cc3)s2)o1. The van der Waals surface area contributed by atoms with Gasteiger partial charge >= 0.3 is 0 Å². The molecule has 2 heterocycles. The van der Waals surface area contributed by atoms with E-state index in [1.165, 1.54) is 11.3 Å². The number of thioether (sulfide) groups is 1. The summed E-state index contributed by atoms with van der Waals surface area (Å²) in [6, 6.07) is 7.28. The van der Waals surface area contributed by atoms with Crippen molar-refractivity contribution in [3.63, 3.8) is 0 Å². The van der Waals surface area contributed by atoms with Gasteiger partial charge in [-0.25, -0.2) is 15.4 Å². The van der Waals surface area contributed by atoms with Gasteiger partial charge in [-0.1, -0.05) is 44.2 Å². The Hall–Kier alpha value is -2.89. The summed E-state index contributed by atoms with van der Waals surface area (Å²) < 4.78 is 12.4. The smallest absolute Gasteiger partial charge is 0.243 e. The number of carbonyl (C=O) groups is 2. The van der Waals surface area contributed by atoms with E-state index in [1.807, 2.05) is 26.0 Å².